The summed E-state index contributed by atoms with van der Waals surface area (Å²) in [4.78, 5) is 0. The van der Waals surface area contributed by atoms with Gasteiger partial charge in [-0.15, -0.1) is 0 Å². The van der Waals surface area contributed by atoms with Crippen molar-refractivity contribution >= 4 is 0 Å². The average Bonchev–Trinajstić information content (AvgIpc) is 2.70. The van der Waals surface area contributed by atoms with Gasteiger partial charge in [-0.3, -0.25) is 0 Å². The van der Waals surface area contributed by atoms with Gasteiger partial charge in [0.1, 0.15) is 0 Å². The lowest BCUT2D eigenvalue weighted by Crippen LogP contribution is -2.64. The van der Waals surface area contributed by atoms with E-state index in [-0.39, 0.29) is 37.2 Å². The first-order valence-electron chi connectivity index (χ1n) is 9.67. The van der Waals surface area contributed by atoms with Crippen LogP contribution in [0.3, 0.4) is 0 Å². The van der Waals surface area contributed by atoms with Crippen molar-refractivity contribution in [2.75, 3.05) is 6.61 Å². The molecule has 6 heteroatoms. The Labute approximate surface area is 155 Å². The van der Waals surface area contributed by atoms with Crippen LogP contribution in [0.4, 0.5) is 0 Å². The van der Waals surface area contributed by atoms with Crippen LogP contribution in [0.15, 0.2) is 12.2 Å². The number of rotatable bonds is 2. The van der Waals surface area contributed by atoms with E-state index in [1.807, 2.05) is 20.8 Å². The van der Waals surface area contributed by atoms with Crippen molar-refractivity contribution in [3.63, 3.8) is 0 Å². The summed E-state index contributed by atoms with van der Waals surface area (Å²) in [5.74, 6) is -0.187. The molecule has 6 nitrogen and oxygen atoms in total. The number of aliphatic hydroxyl groups is 6. The van der Waals surface area contributed by atoms with Crippen molar-refractivity contribution in [1.29, 1.82) is 0 Å². The van der Waals surface area contributed by atoms with E-state index < -0.39 is 46.4 Å². The minimum Gasteiger partial charge on any atom is -0.396 e. The molecule has 0 aliphatic heterocycles. The van der Waals surface area contributed by atoms with E-state index >= 15 is 0 Å². The third kappa shape index (κ3) is 2.09. The van der Waals surface area contributed by atoms with Crippen molar-refractivity contribution < 1.29 is 30.6 Å². The van der Waals surface area contributed by atoms with Gasteiger partial charge in [0.25, 0.3) is 0 Å². The first-order chi connectivity index (χ1) is 11.8. The molecule has 0 saturated heterocycles. The van der Waals surface area contributed by atoms with Gasteiger partial charge in [0.15, 0.2) is 0 Å². The smallest absolute Gasteiger partial charge is 0.0990 e. The maximum atomic E-state index is 11.7. The van der Waals surface area contributed by atoms with Crippen molar-refractivity contribution in [2.24, 2.45) is 16.7 Å². The third-order valence-corrected chi connectivity index (χ3v) is 8.43. The lowest BCUT2D eigenvalue weighted by atomic mass is 9.55. The van der Waals surface area contributed by atoms with Crippen molar-refractivity contribution in [3.05, 3.63) is 12.2 Å². The van der Waals surface area contributed by atoms with Crippen molar-refractivity contribution in [3.8, 4) is 0 Å². The van der Waals surface area contributed by atoms with Gasteiger partial charge in [0, 0.05) is 11.8 Å². The maximum Gasteiger partial charge on any atom is 0.0990 e. The minimum atomic E-state index is -1.72. The second-order valence-corrected chi connectivity index (χ2v) is 9.64. The number of hydrogen-bond donors (Lipinski definition) is 6. The van der Waals surface area contributed by atoms with Gasteiger partial charge >= 0.3 is 0 Å². The Morgan fingerprint density at radius 3 is 2.23 bits per heavy atom. The molecule has 3 fully saturated rings. The highest BCUT2D eigenvalue weighted by molar-refractivity contribution is 5.33. The van der Waals surface area contributed by atoms with E-state index in [1.54, 1.807) is 0 Å². The fourth-order valence-electron chi connectivity index (χ4n) is 6.32. The molecule has 150 valence electrons. The second-order valence-electron chi connectivity index (χ2n) is 9.64. The molecule has 6 N–H and O–H groups in total. The highest BCUT2D eigenvalue weighted by atomic mass is 16.4. The lowest BCUT2D eigenvalue weighted by Gasteiger charge is -2.55. The Hall–Kier alpha value is -0.500. The summed E-state index contributed by atoms with van der Waals surface area (Å²) < 4.78 is 0. The summed E-state index contributed by atoms with van der Waals surface area (Å²) in [6.07, 6.45) is -0.982. The maximum absolute atomic E-state index is 11.7. The summed E-state index contributed by atoms with van der Waals surface area (Å²) in [5.41, 5.74) is -6.47. The normalized spacial score (nSPS) is 54.8. The van der Waals surface area contributed by atoms with E-state index in [0.717, 1.165) is 0 Å². The summed E-state index contributed by atoms with van der Waals surface area (Å²) in [5, 5.41) is 66.1. The third-order valence-electron chi connectivity index (χ3n) is 8.43. The Morgan fingerprint density at radius 2 is 1.69 bits per heavy atom. The van der Waals surface area contributed by atoms with E-state index in [1.165, 1.54) is 0 Å². The van der Waals surface area contributed by atoms with E-state index in [0.29, 0.717) is 12.8 Å². The largest absolute Gasteiger partial charge is 0.396 e. The van der Waals surface area contributed by atoms with Gasteiger partial charge in [0.05, 0.1) is 41.0 Å². The van der Waals surface area contributed by atoms with Crippen LogP contribution in [0.1, 0.15) is 59.3 Å². The van der Waals surface area contributed by atoms with Gasteiger partial charge in [-0.2, -0.15) is 0 Å². The summed E-state index contributed by atoms with van der Waals surface area (Å²) in [6, 6.07) is 0. The molecular weight excluding hydrogens is 336 g/mol. The summed E-state index contributed by atoms with van der Waals surface area (Å²) >= 11 is 0. The first-order valence-corrected chi connectivity index (χ1v) is 9.67. The van der Waals surface area contributed by atoms with Crippen LogP contribution in [0.25, 0.3) is 0 Å². The molecule has 0 spiro atoms. The number of fused-ring (bicyclic) bond motifs is 2. The van der Waals surface area contributed by atoms with Crippen LogP contribution < -0.4 is 0 Å². The van der Waals surface area contributed by atoms with Crippen LogP contribution in [-0.2, 0) is 0 Å². The SMILES string of the molecule is C=C1C(O)CC(O)C2(CO)CCC3(O)C(C)(CCC3(O)C(C)C)CC12O. The van der Waals surface area contributed by atoms with Gasteiger partial charge in [-0.05, 0) is 43.6 Å². The molecule has 0 bridgehead atoms. The zero-order valence-electron chi connectivity index (χ0n) is 16.1. The molecule has 0 heterocycles. The van der Waals surface area contributed by atoms with Gasteiger partial charge in [-0.25, -0.2) is 0 Å². The molecule has 3 saturated carbocycles. The summed E-state index contributed by atoms with van der Waals surface area (Å²) in [7, 11) is 0. The predicted molar refractivity (Wildman–Crippen MR) is 96.2 cm³/mol. The van der Waals surface area contributed by atoms with E-state index in [9.17, 15) is 30.6 Å². The Bertz CT molecular complexity index is 607. The molecule has 7 atom stereocenters. The molecule has 0 aromatic rings. The Balaban J connectivity index is 2.17. The quantitative estimate of drug-likeness (QED) is 0.393. The lowest BCUT2D eigenvalue weighted by molar-refractivity contribution is -0.204. The molecule has 0 radical (unpaired) electrons. The van der Waals surface area contributed by atoms with Crippen molar-refractivity contribution in [1.82, 2.24) is 0 Å². The average molecular weight is 370 g/mol. The van der Waals surface area contributed by atoms with E-state index in [2.05, 4.69) is 6.58 Å². The molecule has 3 aliphatic rings. The zero-order valence-corrected chi connectivity index (χ0v) is 16.1. The monoisotopic (exact) mass is 370 g/mol. The number of hydrogen-bond acceptors (Lipinski definition) is 6. The van der Waals surface area contributed by atoms with Crippen LogP contribution in [0, 0.1) is 16.7 Å². The van der Waals surface area contributed by atoms with Crippen LogP contribution in [0.5, 0.6) is 0 Å². The van der Waals surface area contributed by atoms with Crippen LogP contribution in [0.2, 0.25) is 0 Å². The molecule has 0 amide bonds. The molecule has 3 rings (SSSR count). The molecule has 3 aliphatic carbocycles. The fraction of sp³-hybridized carbons (Fsp3) is 0.900. The first kappa shape index (κ1) is 20.2. The molecule has 0 aromatic heterocycles. The Morgan fingerprint density at radius 1 is 1.08 bits per heavy atom. The topological polar surface area (TPSA) is 121 Å². The molecule has 26 heavy (non-hydrogen) atoms. The molecule has 0 aromatic carbocycles. The molecular formula is C20H34O6. The fourth-order valence-corrected chi connectivity index (χ4v) is 6.32. The molecule has 7 unspecified atom stereocenters. The zero-order chi connectivity index (χ0) is 19.8. The minimum absolute atomic E-state index is 0.00864. The predicted octanol–water partition coefficient (Wildman–Crippen LogP) is 0.480. The second kappa shape index (κ2) is 5.75. The number of aliphatic hydroxyl groups excluding tert-OH is 3. The summed E-state index contributed by atoms with van der Waals surface area (Å²) in [6.45, 7) is 9.00. The van der Waals surface area contributed by atoms with Gasteiger partial charge in [0.2, 0.25) is 0 Å². The van der Waals surface area contributed by atoms with Gasteiger partial charge < -0.3 is 30.6 Å². The van der Waals surface area contributed by atoms with Crippen LogP contribution >= 0.6 is 0 Å². The Kier molecular flexibility index (Phi) is 4.48. The highest BCUT2D eigenvalue weighted by Gasteiger charge is 2.73. The standard InChI is InChI=1S/C20H34O6/c1-12(2)18(24)7-5-16(4)10-19(25)13(3)14(22)9-15(23)17(19,11-21)6-8-20(16,18)26/h12,14-15,21-26H,3,5-11H2,1-2,4H3. The van der Waals surface area contributed by atoms with Gasteiger partial charge in [-0.1, -0.05) is 27.4 Å². The highest BCUT2D eigenvalue weighted by Crippen LogP contribution is 2.67. The van der Waals surface area contributed by atoms with E-state index in [4.69, 9.17) is 0 Å². The van der Waals surface area contributed by atoms with Crippen LogP contribution in [-0.4, -0.2) is 66.3 Å². The van der Waals surface area contributed by atoms with Crippen molar-refractivity contribution in [2.45, 2.75) is 88.3 Å².